The van der Waals surface area contributed by atoms with Gasteiger partial charge in [-0.1, -0.05) is 89.1 Å². The molecule has 7 aromatic rings. The number of phenols is 1. The van der Waals surface area contributed by atoms with Crippen molar-refractivity contribution in [3.8, 4) is 16.9 Å². The van der Waals surface area contributed by atoms with Gasteiger partial charge in [0, 0.05) is 11.1 Å². The number of rotatable bonds is 8. The summed E-state index contributed by atoms with van der Waals surface area (Å²) in [5, 5.41) is 12.2. The average molecular weight is 1220 g/mol. The summed E-state index contributed by atoms with van der Waals surface area (Å²) in [4.78, 5) is 13.2. The Labute approximate surface area is 452 Å². The fraction of sp³-hybridized carbons (Fsp3) is 0.167. The van der Waals surface area contributed by atoms with Crippen molar-refractivity contribution in [1.29, 1.82) is 0 Å². The molecule has 83 heavy (non-hydrogen) atoms. The van der Waals surface area contributed by atoms with E-state index in [0.717, 1.165) is 5.56 Å². The van der Waals surface area contributed by atoms with E-state index in [1.165, 1.54) is 24.3 Å². The molecule has 0 bridgehead atoms. The summed E-state index contributed by atoms with van der Waals surface area (Å²) in [6.45, 7) is 0. The topological polar surface area (TPSA) is 54.4 Å². The summed E-state index contributed by atoms with van der Waals surface area (Å²) in [5.41, 5.74) is -29.1. The van der Waals surface area contributed by atoms with Gasteiger partial charge in [0.25, 0.3) is 0 Å². The molecule has 7 aromatic carbocycles. The van der Waals surface area contributed by atoms with Crippen LogP contribution >= 0.6 is 0 Å². The highest BCUT2D eigenvalue weighted by Crippen LogP contribution is 2.42. The Morgan fingerprint density at radius 2 is 0.627 bits per heavy atom. The number of benzene rings is 7. The molecule has 3 nitrogen and oxygen atoms in total. The molecule has 7 rings (SSSR count). The second-order valence-corrected chi connectivity index (χ2v) is 20.2. The molecule has 1 unspecified atom stereocenters. The molecule has 0 aliphatic heterocycles. The van der Waals surface area contributed by atoms with E-state index in [-0.39, 0.29) is 17.3 Å². The van der Waals surface area contributed by atoms with E-state index in [1.807, 2.05) is 36.4 Å². The van der Waals surface area contributed by atoms with Crippen molar-refractivity contribution in [2.45, 2.75) is 54.3 Å². The average Bonchev–Trinajstić information content (AvgIpc) is 1.68. The lowest BCUT2D eigenvalue weighted by Crippen LogP contribution is -2.75. The van der Waals surface area contributed by atoms with Crippen LogP contribution in [0.4, 0.5) is 105 Å². The number of hydrogen-bond donors (Lipinski definition) is 1. The minimum atomic E-state index is -6.13. The van der Waals surface area contributed by atoms with Gasteiger partial charge in [-0.15, -0.1) is 0 Å². The molecule has 0 aliphatic carbocycles. The van der Waals surface area contributed by atoms with Gasteiger partial charge in [0.05, 0.1) is 44.5 Å². The first kappa shape index (κ1) is 64.3. The van der Waals surface area contributed by atoms with Crippen LogP contribution in [0, 0.1) is 11.2 Å². The monoisotopic (exact) mass is 1220 g/mol. The van der Waals surface area contributed by atoms with E-state index in [4.69, 9.17) is 0 Å². The van der Waals surface area contributed by atoms with Crippen molar-refractivity contribution < 1.29 is 119 Å². The van der Waals surface area contributed by atoms with Crippen LogP contribution in [0.2, 0.25) is 0 Å². The lowest BCUT2D eigenvalue weighted by molar-refractivity contribution is -0.144. The predicted octanol–water partition coefficient (Wildman–Crippen LogP) is 15.4. The van der Waals surface area contributed by atoms with Crippen molar-refractivity contribution in [2.24, 2.45) is 0 Å². The minimum Gasteiger partial charge on any atom is -0.508 e. The SMILES string of the molecule is FC(F)(F)c1cc([B-](c2cc(C(F)(F)F)cc(C(F)(F)F)c2)(c2cc(C(F)(F)F)cc(C(F)(F)F)c2)c2cc(C(F)(F)F)cc(C(F)(F)F)c2)cc(C(F)(F)F)c1.O=C(C[S+](=O)(C#Cc1ccccc1)c1ccccc1)c1ccc(O)cc1. The zero-order valence-corrected chi connectivity index (χ0v) is 41.4. The highest BCUT2D eigenvalue weighted by atomic mass is 32.2. The largest absolute Gasteiger partial charge is 0.508 e. The molecule has 0 aromatic heterocycles. The maximum absolute atomic E-state index is 14.2. The number of Topliss-reactive ketones (excluding diaryl/α,β-unsaturated/α-hetero) is 1. The van der Waals surface area contributed by atoms with Crippen LogP contribution in [-0.2, 0) is 63.6 Å². The van der Waals surface area contributed by atoms with Crippen molar-refractivity contribution in [2.75, 3.05) is 5.75 Å². The molecule has 1 N–H and O–H groups in total. The molecule has 0 amide bonds. The molecule has 0 heterocycles. The van der Waals surface area contributed by atoms with Gasteiger partial charge in [-0.2, -0.15) is 127 Å². The van der Waals surface area contributed by atoms with E-state index in [2.05, 4.69) is 11.2 Å². The van der Waals surface area contributed by atoms with Gasteiger partial charge in [-0.25, -0.2) is 0 Å². The lowest BCUT2D eigenvalue weighted by Gasteiger charge is -2.46. The summed E-state index contributed by atoms with van der Waals surface area (Å²) < 4.78 is 354. The van der Waals surface area contributed by atoms with Gasteiger partial charge in [0.2, 0.25) is 15.7 Å². The minimum absolute atomic E-state index is 0.0780. The van der Waals surface area contributed by atoms with E-state index in [1.54, 1.807) is 24.3 Å². The van der Waals surface area contributed by atoms with Crippen LogP contribution < -0.4 is 21.9 Å². The molecule has 29 heteroatoms. The van der Waals surface area contributed by atoms with Gasteiger partial charge in [0.1, 0.15) is 11.9 Å². The highest BCUT2D eigenvalue weighted by molar-refractivity contribution is 8.07. The van der Waals surface area contributed by atoms with Crippen LogP contribution in [0.25, 0.3) is 0 Å². The first-order valence-electron chi connectivity index (χ1n) is 22.7. The van der Waals surface area contributed by atoms with Crippen molar-refractivity contribution in [3.63, 3.8) is 0 Å². The first-order chi connectivity index (χ1) is 37.8. The van der Waals surface area contributed by atoms with Crippen molar-refractivity contribution >= 4 is 43.7 Å². The van der Waals surface area contributed by atoms with Crippen LogP contribution in [0.3, 0.4) is 0 Å². The number of halogens is 24. The maximum Gasteiger partial charge on any atom is 0.416 e. The molecule has 0 radical (unpaired) electrons. The number of aromatic hydroxyl groups is 1. The van der Waals surface area contributed by atoms with Gasteiger partial charge in [0.15, 0.2) is 15.9 Å². The molecule has 0 aliphatic rings. The van der Waals surface area contributed by atoms with Crippen LogP contribution in [0.15, 0.2) is 163 Å². The fourth-order valence-electron chi connectivity index (χ4n) is 8.47. The molecular formula is C54H29BF24O3S. The van der Waals surface area contributed by atoms with Crippen LogP contribution in [0.5, 0.6) is 5.75 Å². The first-order valence-corrected chi connectivity index (χ1v) is 24.4. The Bertz CT molecular complexity index is 3170. The number of carbonyl (C=O) groups excluding carboxylic acids is 1. The maximum atomic E-state index is 14.2. The third-order valence-corrected chi connectivity index (χ3v) is 14.4. The molecule has 440 valence electrons. The Balaban J connectivity index is 0.000000352. The molecule has 0 fully saturated rings. The third kappa shape index (κ3) is 15.2. The number of alkyl halides is 24. The molecule has 1 atom stereocenters. The van der Waals surface area contributed by atoms with E-state index in [9.17, 15) is 119 Å². The van der Waals surface area contributed by atoms with Crippen molar-refractivity contribution in [3.05, 3.63) is 213 Å². The number of ketones is 1. The van der Waals surface area contributed by atoms with E-state index < -0.39 is 205 Å². The van der Waals surface area contributed by atoms with Gasteiger partial charge >= 0.3 is 49.4 Å². The quantitative estimate of drug-likeness (QED) is 0.0542. The smallest absolute Gasteiger partial charge is 0.416 e. The highest BCUT2D eigenvalue weighted by Gasteiger charge is 2.47. The van der Waals surface area contributed by atoms with Crippen LogP contribution in [0.1, 0.15) is 60.4 Å². The lowest BCUT2D eigenvalue weighted by atomic mass is 9.12. The normalized spacial score (nSPS) is 13.7. The number of phenolic OH excluding ortho intramolecular Hbond substituents is 1. The summed E-state index contributed by atoms with van der Waals surface area (Å²) in [7, 11) is -2.90. The summed E-state index contributed by atoms with van der Waals surface area (Å²) in [6, 6.07) is 15.2. The standard InChI is InChI=1S/C32H12BF24.C22H16O3S/c34-25(35,36)13-1-14(26(37,38)39)6-21(5-13)33(22-7-15(27(40,41)42)2-16(8-22)28(43,44)45,23-9-17(29(46,47)48)3-18(10-23)30(49,50)51)24-11-19(31(52,53)54)4-20(12-24)32(55,56)57;23-20-13-11-19(12-14-20)22(24)17-26(25,21-9-5-2-6-10-21)16-15-18-7-3-1-4-8-18/h1-12H;1-14H,17H2/q-1;/p+1. The fourth-order valence-corrected chi connectivity index (χ4v) is 10.2. The number of hydrogen-bond acceptors (Lipinski definition) is 3. The molecular weight excluding hydrogens is 1200 g/mol. The second-order valence-electron chi connectivity index (χ2n) is 17.9. The zero-order chi connectivity index (χ0) is 62.3. The predicted molar refractivity (Wildman–Crippen MR) is 253 cm³/mol. The summed E-state index contributed by atoms with van der Waals surface area (Å²) in [5.74, 6) is 2.53. The van der Waals surface area contributed by atoms with Gasteiger partial charge < -0.3 is 5.11 Å². The Morgan fingerprint density at radius 1 is 0.373 bits per heavy atom. The van der Waals surface area contributed by atoms with E-state index >= 15 is 0 Å². The summed E-state index contributed by atoms with van der Waals surface area (Å²) >= 11 is 0. The summed E-state index contributed by atoms with van der Waals surface area (Å²) in [6.07, 6.45) is -54.8. The van der Waals surface area contributed by atoms with Crippen molar-refractivity contribution in [1.82, 2.24) is 0 Å². The molecule has 0 saturated heterocycles. The Morgan fingerprint density at radius 3 is 0.880 bits per heavy atom. The third-order valence-electron chi connectivity index (χ3n) is 12.2. The Hall–Kier alpha value is -7.90. The zero-order valence-electron chi connectivity index (χ0n) is 40.5. The Kier molecular flexibility index (Phi) is 17.6. The number of carbonyl (C=O) groups is 1. The second kappa shape index (κ2) is 22.7. The molecule has 0 spiro atoms. The van der Waals surface area contributed by atoms with Crippen LogP contribution in [-0.4, -0.2) is 22.8 Å². The van der Waals surface area contributed by atoms with Gasteiger partial charge in [-0.3, -0.25) is 4.79 Å². The van der Waals surface area contributed by atoms with E-state index in [0.29, 0.717) is 10.5 Å². The molecule has 0 saturated carbocycles. The van der Waals surface area contributed by atoms with Gasteiger partial charge in [-0.05, 0) is 78.7 Å².